The Bertz CT molecular complexity index is 539. The maximum atomic E-state index is 5.95. The highest BCUT2D eigenvalue weighted by Gasteiger charge is 2.37. The molecule has 4 heteroatoms. The lowest BCUT2D eigenvalue weighted by Crippen LogP contribution is -2.41. The molecule has 0 aliphatic heterocycles. The summed E-state index contributed by atoms with van der Waals surface area (Å²) in [5, 5.41) is 4.26. The summed E-state index contributed by atoms with van der Waals surface area (Å²) in [6.45, 7) is 0.737. The molecule has 2 aromatic rings. The van der Waals surface area contributed by atoms with E-state index >= 15 is 0 Å². The van der Waals surface area contributed by atoms with Crippen molar-refractivity contribution in [3.63, 3.8) is 0 Å². The number of hydrogen-bond acceptors (Lipinski definition) is 2. The van der Waals surface area contributed by atoms with Crippen LogP contribution in [-0.4, -0.2) is 16.3 Å². The maximum Gasteiger partial charge on any atom is 0.0787 e. The Morgan fingerprint density at radius 2 is 2.22 bits per heavy atom. The molecule has 1 aliphatic rings. The molecule has 1 heterocycles. The fourth-order valence-corrected chi connectivity index (χ4v) is 3.21. The summed E-state index contributed by atoms with van der Waals surface area (Å²) in [7, 11) is 0. The standard InChI is InChI=1S/C14H16BrN3/c15-12-9-11(14(10-16)5-1-6-14)3-4-13(12)18-8-2-7-17-18/h2-4,7-9H,1,5-6,10,16H2. The Labute approximate surface area is 115 Å². The van der Waals surface area contributed by atoms with Gasteiger partial charge in [-0.15, -0.1) is 0 Å². The smallest absolute Gasteiger partial charge is 0.0787 e. The van der Waals surface area contributed by atoms with Gasteiger partial charge in [-0.2, -0.15) is 5.10 Å². The zero-order chi connectivity index (χ0) is 12.6. The minimum absolute atomic E-state index is 0.213. The normalized spacial score (nSPS) is 17.4. The maximum absolute atomic E-state index is 5.95. The highest BCUT2D eigenvalue weighted by Crippen LogP contribution is 2.43. The van der Waals surface area contributed by atoms with Crippen LogP contribution in [0, 0.1) is 0 Å². The summed E-state index contributed by atoms with van der Waals surface area (Å²) in [5.41, 5.74) is 8.58. The van der Waals surface area contributed by atoms with E-state index in [0.29, 0.717) is 0 Å². The molecule has 2 N–H and O–H groups in total. The number of benzene rings is 1. The van der Waals surface area contributed by atoms with Crippen molar-refractivity contribution < 1.29 is 0 Å². The van der Waals surface area contributed by atoms with E-state index in [1.54, 1.807) is 6.20 Å². The zero-order valence-corrected chi connectivity index (χ0v) is 11.7. The molecule has 1 aromatic carbocycles. The van der Waals surface area contributed by atoms with Gasteiger partial charge >= 0.3 is 0 Å². The van der Waals surface area contributed by atoms with Gasteiger partial charge in [0.2, 0.25) is 0 Å². The molecule has 0 saturated heterocycles. The van der Waals surface area contributed by atoms with E-state index in [4.69, 9.17) is 5.73 Å². The Kier molecular flexibility index (Phi) is 2.99. The van der Waals surface area contributed by atoms with Gasteiger partial charge in [0.15, 0.2) is 0 Å². The van der Waals surface area contributed by atoms with Crippen LogP contribution in [0.2, 0.25) is 0 Å². The Morgan fingerprint density at radius 1 is 1.39 bits per heavy atom. The second kappa shape index (κ2) is 4.52. The van der Waals surface area contributed by atoms with Crippen molar-refractivity contribution in [2.24, 2.45) is 5.73 Å². The third-order valence-corrected chi connectivity index (χ3v) is 4.65. The Hall–Kier alpha value is -1.13. The molecule has 0 spiro atoms. The van der Waals surface area contributed by atoms with Gasteiger partial charge in [-0.3, -0.25) is 0 Å². The molecule has 0 atom stereocenters. The summed E-state index contributed by atoms with van der Waals surface area (Å²) >= 11 is 3.64. The third-order valence-electron chi connectivity index (χ3n) is 4.01. The Morgan fingerprint density at radius 3 is 2.72 bits per heavy atom. The summed E-state index contributed by atoms with van der Waals surface area (Å²) in [6, 6.07) is 8.42. The molecule has 1 saturated carbocycles. The first kappa shape index (κ1) is 11.9. The van der Waals surface area contributed by atoms with Crippen molar-refractivity contribution in [1.29, 1.82) is 0 Å². The summed E-state index contributed by atoms with van der Waals surface area (Å²) in [5.74, 6) is 0. The van der Waals surface area contributed by atoms with Crippen LogP contribution in [0.1, 0.15) is 24.8 Å². The van der Waals surface area contributed by atoms with Crippen LogP contribution in [0.15, 0.2) is 41.1 Å². The molecule has 94 valence electrons. The first-order chi connectivity index (χ1) is 8.75. The second-order valence-corrected chi connectivity index (χ2v) is 5.81. The van der Waals surface area contributed by atoms with E-state index < -0.39 is 0 Å². The highest BCUT2D eigenvalue weighted by molar-refractivity contribution is 9.10. The SMILES string of the molecule is NCC1(c2ccc(-n3cccn3)c(Br)c2)CCC1. The molecule has 18 heavy (non-hydrogen) atoms. The molecule has 1 aromatic heterocycles. The lowest BCUT2D eigenvalue weighted by molar-refractivity contribution is 0.253. The van der Waals surface area contributed by atoms with Crippen molar-refractivity contribution in [2.75, 3.05) is 6.54 Å². The van der Waals surface area contributed by atoms with Gasteiger partial charge in [-0.1, -0.05) is 12.5 Å². The molecule has 0 bridgehead atoms. The van der Waals surface area contributed by atoms with Gasteiger partial charge in [0.1, 0.15) is 0 Å². The number of rotatable bonds is 3. The van der Waals surface area contributed by atoms with Crippen LogP contribution in [0.3, 0.4) is 0 Å². The molecule has 0 radical (unpaired) electrons. The largest absolute Gasteiger partial charge is 0.330 e. The first-order valence-corrected chi connectivity index (χ1v) is 7.05. The van der Waals surface area contributed by atoms with Gasteiger partial charge in [0, 0.05) is 28.8 Å². The first-order valence-electron chi connectivity index (χ1n) is 6.25. The molecule has 1 fully saturated rings. The molecule has 0 unspecified atom stereocenters. The van der Waals surface area contributed by atoms with Crippen LogP contribution < -0.4 is 5.73 Å². The van der Waals surface area contributed by atoms with Gasteiger partial charge in [0.05, 0.1) is 5.69 Å². The van der Waals surface area contributed by atoms with Crippen molar-refractivity contribution in [3.8, 4) is 5.69 Å². The predicted molar refractivity (Wildman–Crippen MR) is 75.8 cm³/mol. The molecular formula is C14H16BrN3. The van der Waals surface area contributed by atoms with Crippen molar-refractivity contribution in [3.05, 3.63) is 46.7 Å². The van der Waals surface area contributed by atoms with E-state index in [9.17, 15) is 0 Å². The van der Waals surface area contributed by atoms with Crippen molar-refractivity contribution in [1.82, 2.24) is 9.78 Å². The molecule has 0 amide bonds. The van der Waals surface area contributed by atoms with Gasteiger partial charge in [-0.05, 0) is 52.5 Å². The topological polar surface area (TPSA) is 43.8 Å². The lowest BCUT2D eigenvalue weighted by Gasteiger charge is -2.41. The van der Waals surface area contributed by atoms with Crippen LogP contribution >= 0.6 is 15.9 Å². The van der Waals surface area contributed by atoms with Gasteiger partial charge < -0.3 is 5.73 Å². The van der Waals surface area contributed by atoms with E-state index in [2.05, 4.69) is 39.2 Å². The van der Waals surface area contributed by atoms with Crippen molar-refractivity contribution >= 4 is 15.9 Å². The lowest BCUT2D eigenvalue weighted by atomic mass is 9.64. The highest BCUT2D eigenvalue weighted by atomic mass is 79.9. The van der Waals surface area contributed by atoms with E-state index in [1.807, 2.05) is 16.9 Å². The average molecular weight is 306 g/mol. The van der Waals surface area contributed by atoms with E-state index in [1.165, 1.54) is 24.8 Å². The molecule has 3 rings (SSSR count). The van der Waals surface area contributed by atoms with Crippen LogP contribution in [0.4, 0.5) is 0 Å². The summed E-state index contributed by atoms with van der Waals surface area (Å²) in [4.78, 5) is 0. The Balaban J connectivity index is 1.99. The molecule has 1 aliphatic carbocycles. The molecule has 3 nitrogen and oxygen atoms in total. The fourth-order valence-electron chi connectivity index (χ4n) is 2.65. The minimum atomic E-state index is 0.213. The van der Waals surface area contributed by atoms with Crippen LogP contribution in [0.25, 0.3) is 5.69 Å². The predicted octanol–water partition coefficient (Wildman–Crippen LogP) is 3.02. The summed E-state index contributed by atoms with van der Waals surface area (Å²) in [6.07, 6.45) is 7.43. The molecular weight excluding hydrogens is 290 g/mol. The second-order valence-electron chi connectivity index (χ2n) is 4.95. The zero-order valence-electron chi connectivity index (χ0n) is 10.1. The van der Waals surface area contributed by atoms with Crippen molar-refractivity contribution in [2.45, 2.75) is 24.7 Å². The van der Waals surface area contributed by atoms with Gasteiger partial charge in [-0.25, -0.2) is 4.68 Å². The number of aromatic nitrogens is 2. The van der Waals surface area contributed by atoms with Gasteiger partial charge in [0.25, 0.3) is 0 Å². The van der Waals surface area contributed by atoms with E-state index in [-0.39, 0.29) is 5.41 Å². The number of nitrogens with two attached hydrogens (primary N) is 1. The number of nitrogens with zero attached hydrogens (tertiary/aromatic N) is 2. The van der Waals surface area contributed by atoms with E-state index in [0.717, 1.165) is 16.7 Å². The monoisotopic (exact) mass is 305 g/mol. The number of hydrogen-bond donors (Lipinski definition) is 1. The third kappa shape index (κ3) is 1.80. The fraction of sp³-hybridized carbons (Fsp3) is 0.357. The minimum Gasteiger partial charge on any atom is -0.330 e. The van der Waals surface area contributed by atoms with Crippen LogP contribution in [-0.2, 0) is 5.41 Å². The number of halogens is 1. The van der Waals surface area contributed by atoms with Crippen LogP contribution in [0.5, 0.6) is 0 Å². The average Bonchev–Trinajstić information content (AvgIpc) is 2.82. The summed E-state index contributed by atoms with van der Waals surface area (Å²) < 4.78 is 2.94. The quantitative estimate of drug-likeness (QED) is 0.947.